The standard InChI is InChI=1S/C25H27N3O5/c29-23-9-8-21(24(30)26-23)28-15-20-19(25(28)31)2-1-3-22(20)33-16-18-6-4-17(5-7-18)14-27-10-12-32-13-11-27/h1-7,21H,8-16H2,(H,26,29,30)/i1D,3D,15D2. The van der Waals surface area contributed by atoms with Crippen LogP contribution in [0.25, 0.3) is 0 Å². The summed E-state index contributed by atoms with van der Waals surface area (Å²) in [5.41, 5.74) is 1.61. The van der Waals surface area contributed by atoms with E-state index in [1.165, 1.54) is 0 Å². The molecule has 3 aliphatic heterocycles. The highest BCUT2D eigenvalue weighted by Crippen LogP contribution is 2.34. The van der Waals surface area contributed by atoms with Crippen molar-refractivity contribution in [1.29, 1.82) is 0 Å². The van der Waals surface area contributed by atoms with Crippen LogP contribution < -0.4 is 10.1 Å². The Bertz CT molecular complexity index is 1250. The highest BCUT2D eigenvalue weighted by atomic mass is 16.5. The van der Waals surface area contributed by atoms with E-state index in [-0.39, 0.29) is 48.4 Å². The van der Waals surface area contributed by atoms with Crippen molar-refractivity contribution < 1.29 is 29.3 Å². The maximum atomic E-state index is 13.2. The van der Waals surface area contributed by atoms with Gasteiger partial charge in [0.2, 0.25) is 11.8 Å². The van der Waals surface area contributed by atoms with E-state index in [0.29, 0.717) is 0 Å². The Hall–Kier alpha value is -3.23. The molecule has 1 atom stereocenters. The summed E-state index contributed by atoms with van der Waals surface area (Å²) in [4.78, 5) is 40.4. The number of amides is 3. The predicted molar refractivity (Wildman–Crippen MR) is 119 cm³/mol. The molecule has 2 saturated heterocycles. The Balaban J connectivity index is 1.38. The van der Waals surface area contributed by atoms with Crippen molar-refractivity contribution in [1.82, 2.24) is 15.1 Å². The number of imide groups is 1. The fourth-order valence-electron chi connectivity index (χ4n) is 4.18. The van der Waals surface area contributed by atoms with Gasteiger partial charge in [-0.15, -0.1) is 0 Å². The van der Waals surface area contributed by atoms with Crippen molar-refractivity contribution >= 4 is 17.7 Å². The summed E-state index contributed by atoms with van der Waals surface area (Å²) in [5.74, 6) is -2.21. The fraction of sp³-hybridized carbons (Fsp3) is 0.400. The molecule has 0 radical (unpaired) electrons. The van der Waals surface area contributed by atoms with Crippen LogP contribution in [0.15, 0.2) is 42.4 Å². The Morgan fingerprint density at radius 3 is 2.64 bits per heavy atom. The zero-order chi connectivity index (χ0) is 26.3. The van der Waals surface area contributed by atoms with Crippen LogP contribution in [0.5, 0.6) is 5.75 Å². The monoisotopic (exact) mass is 453 g/mol. The van der Waals surface area contributed by atoms with Crippen LogP contribution in [0.1, 0.15) is 45.4 Å². The summed E-state index contributed by atoms with van der Waals surface area (Å²) in [6.07, 6.45) is -0.0384. The largest absolute Gasteiger partial charge is 0.489 e. The lowest BCUT2D eigenvalue weighted by Gasteiger charge is -2.29. The Labute approximate surface area is 198 Å². The van der Waals surface area contributed by atoms with Crippen LogP contribution >= 0.6 is 0 Å². The van der Waals surface area contributed by atoms with E-state index in [1.807, 2.05) is 24.3 Å². The first kappa shape index (κ1) is 17.3. The molecule has 0 saturated carbocycles. The normalized spacial score (nSPS) is 24.4. The van der Waals surface area contributed by atoms with Gasteiger partial charge >= 0.3 is 0 Å². The highest BCUT2D eigenvalue weighted by Gasteiger charge is 2.40. The molecule has 5 rings (SSSR count). The van der Waals surface area contributed by atoms with E-state index >= 15 is 0 Å². The average molecular weight is 454 g/mol. The maximum Gasteiger partial charge on any atom is 0.255 e. The molecule has 0 aliphatic carbocycles. The lowest BCUT2D eigenvalue weighted by Crippen LogP contribution is -2.52. The van der Waals surface area contributed by atoms with Gasteiger partial charge in [-0.25, -0.2) is 0 Å². The summed E-state index contributed by atoms with van der Waals surface area (Å²) in [7, 11) is 0. The van der Waals surface area contributed by atoms with Gasteiger partial charge in [0, 0.05) is 37.2 Å². The lowest BCUT2D eigenvalue weighted by atomic mass is 10.0. The third-order valence-corrected chi connectivity index (χ3v) is 6.02. The minimum atomic E-state index is -2.48. The first-order chi connectivity index (χ1) is 17.7. The predicted octanol–water partition coefficient (Wildman–Crippen LogP) is 1.86. The van der Waals surface area contributed by atoms with Crippen molar-refractivity contribution in [2.75, 3.05) is 26.3 Å². The number of carbonyl (C=O) groups excluding carboxylic acids is 3. The minimum absolute atomic E-state index is 0.00228. The van der Waals surface area contributed by atoms with E-state index < -0.39 is 30.3 Å². The van der Waals surface area contributed by atoms with Crippen LogP contribution in [0, 0.1) is 0 Å². The summed E-state index contributed by atoms with van der Waals surface area (Å²) in [5, 5.41) is 2.15. The molecule has 2 aromatic rings. The number of hydrogen-bond acceptors (Lipinski definition) is 6. The molecular formula is C25H27N3O5. The van der Waals surface area contributed by atoms with Crippen LogP contribution in [0.2, 0.25) is 0 Å². The van der Waals surface area contributed by atoms with E-state index in [1.54, 1.807) is 0 Å². The zero-order valence-corrected chi connectivity index (χ0v) is 18.1. The fourth-order valence-corrected chi connectivity index (χ4v) is 4.18. The van der Waals surface area contributed by atoms with Crippen LogP contribution in [-0.4, -0.2) is 59.9 Å². The van der Waals surface area contributed by atoms with Crippen molar-refractivity contribution in [3.63, 3.8) is 0 Å². The van der Waals surface area contributed by atoms with E-state index in [0.717, 1.165) is 54.9 Å². The van der Waals surface area contributed by atoms with Crippen molar-refractivity contribution in [3.05, 3.63) is 64.7 Å². The molecule has 0 spiro atoms. The average Bonchev–Trinajstić information content (AvgIpc) is 3.06. The first-order valence-corrected chi connectivity index (χ1v) is 11.0. The van der Waals surface area contributed by atoms with E-state index in [9.17, 15) is 14.4 Å². The smallest absolute Gasteiger partial charge is 0.255 e. The number of rotatable bonds is 6. The molecule has 0 bridgehead atoms. The molecule has 2 aromatic carbocycles. The number of benzene rings is 2. The third-order valence-electron chi connectivity index (χ3n) is 6.02. The zero-order valence-electron chi connectivity index (χ0n) is 22.1. The molecule has 3 amide bonds. The number of piperidine rings is 1. The molecule has 33 heavy (non-hydrogen) atoms. The molecule has 1 N–H and O–H groups in total. The van der Waals surface area contributed by atoms with Crippen LogP contribution in [-0.2, 0) is 34.0 Å². The summed E-state index contributed by atoms with van der Waals surface area (Å²) in [6.45, 7) is 1.52. The Morgan fingerprint density at radius 2 is 1.88 bits per heavy atom. The quantitative estimate of drug-likeness (QED) is 0.672. The van der Waals surface area contributed by atoms with Crippen molar-refractivity contribution in [2.24, 2.45) is 0 Å². The van der Waals surface area contributed by atoms with Gasteiger partial charge in [0.05, 0.1) is 25.2 Å². The summed E-state index contributed by atoms with van der Waals surface area (Å²) >= 11 is 0. The molecule has 172 valence electrons. The van der Waals surface area contributed by atoms with Gasteiger partial charge in [-0.3, -0.25) is 24.6 Å². The molecule has 0 aromatic heterocycles. The van der Waals surface area contributed by atoms with Gasteiger partial charge in [-0.2, -0.15) is 0 Å². The van der Waals surface area contributed by atoms with Gasteiger partial charge in [-0.05, 0) is 29.7 Å². The second kappa shape index (κ2) is 9.33. The molecule has 1 unspecified atom stereocenters. The highest BCUT2D eigenvalue weighted by molar-refractivity contribution is 6.05. The van der Waals surface area contributed by atoms with Gasteiger partial charge in [0.15, 0.2) is 0 Å². The third kappa shape index (κ3) is 4.62. The van der Waals surface area contributed by atoms with Crippen LogP contribution in [0.3, 0.4) is 0 Å². The van der Waals surface area contributed by atoms with Gasteiger partial charge < -0.3 is 14.4 Å². The molecule has 3 aliphatic rings. The molecule has 8 nitrogen and oxygen atoms in total. The van der Waals surface area contributed by atoms with E-state index in [2.05, 4.69) is 10.2 Å². The molecule has 3 heterocycles. The topological polar surface area (TPSA) is 88.2 Å². The summed E-state index contributed by atoms with van der Waals surface area (Å²) < 4.78 is 45.3. The number of nitrogens with one attached hydrogen (secondary N) is 1. The molecule has 8 heteroatoms. The molecule has 2 fully saturated rings. The van der Waals surface area contributed by atoms with Gasteiger partial charge in [-0.1, -0.05) is 30.3 Å². The molecular weight excluding hydrogens is 422 g/mol. The Morgan fingerprint density at radius 1 is 1.12 bits per heavy atom. The number of carbonyl (C=O) groups is 3. The van der Waals surface area contributed by atoms with Gasteiger partial charge in [0.25, 0.3) is 5.91 Å². The summed E-state index contributed by atoms with van der Waals surface area (Å²) in [6, 6.07) is 7.05. The van der Waals surface area contributed by atoms with Crippen LogP contribution in [0.4, 0.5) is 0 Å². The second-order valence-corrected chi connectivity index (χ2v) is 8.28. The first-order valence-electron chi connectivity index (χ1n) is 13.0. The SMILES string of the molecule is [2H]c1cc2c(c(OCc3ccc(CN4CCOCC4)cc3)c1[2H])C([2H])([2H])N(C1CCC(=O)NC1=O)C2=O. The second-order valence-electron chi connectivity index (χ2n) is 8.28. The van der Waals surface area contributed by atoms with E-state index in [4.69, 9.17) is 15.0 Å². The number of morpholine rings is 1. The maximum absolute atomic E-state index is 13.2. The van der Waals surface area contributed by atoms with Crippen molar-refractivity contribution in [3.8, 4) is 5.75 Å². The number of fused-ring (bicyclic) bond motifs is 1. The number of hydrogen-bond donors (Lipinski definition) is 1. The van der Waals surface area contributed by atoms with Gasteiger partial charge in [0.1, 0.15) is 18.4 Å². The number of nitrogens with zero attached hydrogens (tertiary/aromatic N) is 2. The lowest BCUT2D eigenvalue weighted by molar-refractivity contribution is -0.136. The van der Waals surface area contributed by atoms with Crippen molar-refractivity contribution in [2.45, 2.75) is 38.5 Å². The number of ether oxygens (including phenoxy) is 2. The Kier molecular flexibility index (Phi) is 4.88. The minimum Gasteiger partial charge on any atom is -0.489 e.